The summed E-state index contributed by atoms with van der Waals surface area (Å²) in [5.41, 5.74) is -12.1. The number of carbonyl (C=O) groups excluding carboxylic acids is 1. The van der Waals surface area contributed by atoms with Gasteiger partial charge in [0.1, 0.15) is 0 Å². The fourth-order valence-electron chi connectivity index (χ4n) is 1.32. The highest BCUT2D eigenvalue weighted by Gasteiger charge is 2.88. The zero-order chi connectivity index (χ0) is 20.9. The maximum absolute atomic E-state index is 12.4. The second-order valence-electron chi connectivity index (χ2n) is 4.00. The maximum atomic E-state index is 12.4. The normalized spacial score (nSPS) is 15.2. The van der Waals surface area contributed by atoms with Gasteiger partial charge in [0.25, 0.3) is 5.91 Å². The van der Waals surface area contributed by atoms with Crippen LogP contribution in [0.5, 0.6) is 0 Å². The van der Waals surface area contributed by atoms with E-state index in [2.05, 4.69) is 0 Å². The van der Waals surface area contributed by atoms with Crippen LogP contribution in [0, 0.1) is 5.41 Å². The van der Waals surface area contributed by atoms with Crippen LogP contribution in [0.3, 0.4) is 0 Å². The molecule has 0 saturated carbocycles. The largest absolute Gasteiger partial charge is 0.438 e. The molecule has 0 saturated heterocycles. The van der Waals surface area contributed by atoms with E-state index in [4.69, 9.17) is 0 Å². The number of nitrogens with zero attached hydrogens (tertiary/aromatic N) is 1. The van der Waals surface area contributed by atoms with E-state index in [9.17, 15) is 70.7 Å². The maximum Gasteiger partial charge on any atom is 0.438 e. The standard InChI is InChI=1S/C8F15NO/c9-4(10,11)1(5(12,13)14)24-2(25)3(6(15,16)17,7(18,19)20)8(21,22)23. The predicted molar refractivity (Wildman–Crippen MR) is 45.1 cm³/mol. The number of rotatable bonds is 1. The predicted octanol–water partition coefficient (Wildman–Crippen LogP) is 4.75. The Morgan fingerprint density at radius 1 is 0.520 bits per heavy atom. The van der Waals surface area contributed by atoms with Crippen molar-refractivity contribution in [3.05, 3.63) is 0 Å². The lowest BCUT2D eigenvalue weighted by Gasteiger charge is -2.35. The van der Waals surface area contributed by atoms with Gasteiger partial charge in [0, 0.05) is 0 Å². The van der Waals surface area contributed by atoms with Crippen LogP contribution < -0.4 is 0 Å². The second kappa shape index (κ2) is 5.93. The van der Waals surface area contributed by atoms with Crippen LogP contribution in [0.4, 0.5) is 65.9 Å². The summed E-state index contributed by atoms with van der Waals surface area (Å²) in [7, 11) is 0. The van der Waals surface area contributed by atoms with Crippen LogP contribution in [-0.4, -0.2) is 42.5 Å². The third kappa shape index (κ3) is 4.10. The average Bonchev–Trinajstić information content (AvgIpc) is 2.16. The van der Waals surface area contributed by atoms with Crippen molar-refractivity contribution in [2.24, 2.45) is 10.4 Å². The first-order valence-corrected chi connectivity index (χ1v) is 4.99. The number of aliphatic imine (C=N–C) groups is 1. The monoisotopic (exact) mass is 411 g/mol. The van der Waals surface area contributed by atoms with Gasteiger partial charge in [0.15, 0.2) is 0 Å². The summed E-state index contributed by atoms with van der Waals surface area (Å²) in [4.78, 5) is 11.2. The number of carbonyl (C=O) groups is 1. The molecule has 0 heterocycles. The number of hydrogen-bond acceptors (Lipinski definition) is 1. The molecule has 0 aromatic carbocycles. The molecule has 0 fully saturated rings. The van der Waals surface area contributed by atoms with Gasteiger partial charge in [-0.05, 0) is 0 Å². The summed E-state index contributed by atoms with van der Waals surface area (Å²) in [5, 5.41) is 0. The van der Waals surface area contributed by atoms with Gasteiger partial charge in [0.05, 0.1) is 0 Å². The topological polar surface area (TPSA) is 29.4 Å². The molecule has 0 aliphatic heterocycles. The highest BCUT2D eigenvalue weighted by atomic mass is 19.4. The summed E-state index contributed by atoms with van der Waals surface area (Å²) in [6.45, 7) is 0. The zero-order valence-electron chi connectivity index (χ0n) is 10.5. The minimum atomic E-state index is -7.70. The van der Waals surface area contributed by atoms with Crippen molar-refractivity contribution in [2.75, 3.05) is 0 Å². The van der Waals surface area contributed by atoms with Gasteiger partial charge >= 0.3 is 36.3 Å². The minimum Gasteiger partial charge on any atom is -0.271 e. The molecular weight excluding hydrogens is 411 g/mol. The molecule has 0 aromatic heterocycles. The lowest BCUT2D eigenvalue weighted by molar-refractivity contribution is -0.406. The Bertz CT molecular complexity index is 486. The van der Waals surface area contributed by atoms with Crippen LogP contribution in [0.1, 0.15) is 0 Å². The Balaban J connectivity index is 6.93. The van der Waals surface area contributed by atoms with E-state index in [1.807, 2.05) is 0 Å². The molecule has 1 amide bonds. The summed E-state index contributed by atoms with van der Waals surface area (Å²) >= 11 is 0. The molecule has 25 heavy (non-hydrogen) atoms. The van der Waals surface area contributed by atoms with Crippen molar-refractivity contribution in [1.29, 1.82) is 0 Å². The molecule has 0 bridgehead atoms. The molecule has 148 valence electrons. The molecule has 0 N–H and O–H groups in total. The van der Waals surface area contributed by atoms with Crippen molar-refractivity contribution >= 4 is 11.6 Å². The first-order chi connectivity index (χ1) is 10.5. The third-order valence-electron chi connectivity index (χ3n) is 2.35. The molecule has 0 radical (unpaired) electrons. The van der Waals surface area contributed by atoms with Crippen LogP contribution >= 0.6 is 0 Å². The van der Waals surface area contributed by atoms with Gasteiger partial charge in [-0.25, -0.2) is 4.99 Å². The molecule has 0 aliphatic carbocycles. The fourth-order valence-corrected chi connectivity index (χ4v) is 1.32. The summed E-state index contributed by atoms with van der Waals surface area (Å²) in [6.07, 6.45) is -36.9. The van der Waals surface area contributed by atoms with Gasteiger partial charge in [0.2, 0.25) is 5.71 Å². The molecule has 0 unspecified atom stereocenters. The van der Waals surface area contributed by atoms with Gasteiger partial charge < -0.3 is 0 Å². The first kappa shape index (κ1) is 23.3. The van der Waals surface area contributed by atoms with Gasteiger partial charge in [-0.1, -0.05) is 0 Å². The fraction of sp³-hybridized carbons (Fsp3) is 0.750. The highest BCUT2D eigenvalue weighted by molar-refractivity contribution is 6.04. The second-order valence-corrected chi connectivity index (χ2v) is 4.00. The summed E-state index contributed by atoms with van der Waals surface area (Å²) in [5.74, 6) is -4.79. The van der Waals surface area contributed by atoms with E-state index in [1.165, 1.54) is 0 Å². The van der Waals surface area contributed by atoms with E-state index in [0.717, 1.165) is 0 Å². The average molecular weight is 411 g/mol. The SMILES string of the molecule is O=C(N=C(C(F)(F)F)C(F)(F)F)C(C(F)(F)F)(C(F)(F)F)C(F)(F)F. The van der Waals surface area contributed by atoms with Gasteiger partial charge in [-0.3, -0.25) is 4.79 Å². The lowest BCUT2D eigenvalue weighted by atomic mass is 9.84. The molecule has 2 nitrogen and oxygen atoms in total. The molecule has 0 atom stereocenters. The van der Waals surface area contributed by atoms with E-state index in [1.54, 1.807) is 0 Å². The Kier molecular flexibility index (Phi) is 5.52. The van der Waals surface area contributed by atoms with E-state index in [-0.39, 0.29) is 0 Å². The lowest BCUT2D eigenvalue weighted by Crippen LogP contribution is -2.64. The van der Waals surface area contributed by atoms with E-state index >= 15 is 0 Å². The number of hydrogen-bond donors (Lipinski definition) is 0. The third-order valence-corrected chi connectivity index (χ3v) is 2.35. The molecule has 0 rings (SSSR count). The zero-order valence-corrected chi connectivity index (χ0v) is 10.5. The molecule has 17 heteroatoms. The summed E-state index contributed by atoms with van der Waals surface area (Å²) < 4.78 is 183. The van der Waals surface area contributed by atoms with Gasteiger partial charge in [-0.2, -0.15) is 65.9 Å². The Labute approximate surface area is 125 Å². The first-order valence-electron chi connectivity index (χ1n) is 4.99. The van der Waals surface area contributed by atoms with Crippen molar-refractivity contribution < 1.29 is 70.7 Å². The van der Waals surface area contributed by atoms with Crippen molar-refractivity contribution in [1.82, 2.24) is 0 Å². The Hall–Kier alpha value is -1.71. The number of amides is 1. The molecule has 0 aromatic rings. The number of halogens is 15. The summed E-state index contributed by atoms with van der Waals surface area (Å²) in [6, 6.07) is 0. The quantitative estimate of drug-likeness (QED) is 0.453. The van der Waals surface area contributed by atoms with Crippen molar-refractivity contribution in [3.63, 3.8) is 0 Å². The number of alkyl halides is 15. The van der Waals surface area contributed by atoms with Crippen LogP contribution in [-0.2, 0) is 4.79 Å². The Morgan fingerprint density at radius 2 is 0.760 bits per heavy atom. The highest BCUT2D eigenvalue weighted by Crippen LogP contribution is 2.60. The molecule has 0 spiro atoms. The van der Waals surface area contributed by atoms with Gasteiger partial charge in [-0.15, -0.1) is 0 Å². The van der Waals surface area contributed by atoms with Crippen molar-refractivity contribution in [2.45, 2.75) is 30.9 Å². The van der Waals surface area contributed by atoms with Crippen molar-refractivity contribution in [3.8, 4) is 0 Å². The van der Waals surface area contributed by atoms with Crippen LogP contribution in [0.25, 0.3) is 0 Å². The molecular formula is C8F15NO. The van der Waals surface area contributed by atoms with E-state index < -0.39 is 47.9 Å². The minimum absolute atomic E-state index is 0.459. The van der Waals surface area contributed by atoms with E-state index in [0.29, 0.717) is 4.99 Å². The smallest absolute Gasteiger partial charge is 0.271 e. The Morgan fingerprint density at radius 3 is 0.920 bits per heavy atom. The molecule has 0 aliphatic rings. The van der Waals surface area contributed by atoms with Crippen LogP contribution in [0.2, 0.25) is 0 Å². The van der Waals surface area contributed by atoms with Crippen LogP contribution in [0.15, 0.2) is 4.99 Å².